The van der Waals surface area contributed by atoms with Gasteiger partial charge >= 0.3 is 5.97 Å². The molecule has 0 radical (unpaired) electrons. The number of rotatable bonds is 9. The van der Waals surface area contributed by atoms with Gasteiger partial charge in [-0.05, 0) is 84.0 Å². The fourth-order valence-electron chi connectivity index (χ4n) is 6.05. The number of carboxylic acids is 1. The number of carbonyl (C=O) groups is 1. The summed E-state index contributed by atoms with van der Waals surface area (Å²) in [5.74, 6) is -0.811. The van der Waals surface area contributed by atoms with Gasteiger partial charge in [0, 0.05) is 5.41 Å². The molecule has 2 N–H and O–H groups in total. The maximum Gasteiger partial charge on any atom is 0.307 e. The highest BCUT2D eigenvalue weighted by Crippen LogP contribution is 2.41. The van der Waals surface area contributed by atoms with Crippen LogP contribution in [0, 0.1) is 13.8 Å². The van der Waals surface area contributed by atoms with Gasteiger partial charge in [-0.15, -0.1) is 0 Å². The summed E-state index contributed by atoms with van der Waals surface area (Å²) in [6.07, 6.45) is 10.1. The molecule has 3 heteroatoms. The zero-order valence-electron chi connectivity index (χ0n) is 22.7. The summed E-state index contributed by atoms with van der Waals surface area (Å²) in [5, 5.41) is 19.8. The van der Waals surface area contributed by atoms with Crippen LogP contribution in [-0.4, -0.2) is 21.8 Å². The molecule has 0 unspecified atom stereocenters. The van der Waals surface area contributed by atoms with Gasteiger partial charge in [-0.2, -0.15) is 0 Å². The number of benzene rings is 3. The number of aryl methyl sites for hydroxylation is 2. The molecule has 1 aliphatic rings. The lowest BCUT2D eigenvalue weighted by molar-refractivity contribution is -0.136. The first-order chi connectivity index (χ1) is 17.7. The van der Waals surface area contributed by atoms with Crippen molar-refractivity contribution < 1.29 is 15.0 Å². The van der Waals surface area contributed by atoms with Gasteiger partial charge in [0.15, 0.2) is 0 Å². The number of aliphatic hydroxyl groups is 1. The van der Waals surface area contributed by atoms with E-state index in [4.69, 9.17) is 5.11 Å². The van der Waals surface area contributed by atoms with Crippen molar-refractivity contribution in [2.24, 2.45) is 0 Å². The molecule has 3 aromatic carbocycles. The number of hydrogen-bond acceptors (Lipinski definition) is 2. The molecule has 0 spiro atoms. The van der Waals surface area contributed by atoms with Gasteiger partial charge in [0.2, 0.25) is 0 Å². The molecule has 0 amide bonds. The minimum atomic E-state index is -0.811. The highest BCUT2D eigenvalue weighted by atomic mass is 16.4. The van der Waals surface area contributed by atoms with Crippen LogP contribution in [0.3, 0.4) is 0 Å². The summed E-state index contributed by atoms with van der Waals surface area (Å²) in [4.78, 5) is 11.0. The Morgan fingerprint density at radius 3 is 2.03 bits per heavy atom. The molecule has 1 saturated carbocycles. The average Bonchev–Trinajstić information content (AvgIpc) is 3.31. The third kappa shape index (κ3) is 5.72. The summed E-state index contributed by atoms with van der Waals surface area (Å²) >= 11 is 0. The SMILES string of the molecule is CCC(CC)(c1ccc(C=CC2(O)CCCC2)c(C)c1)c1ccc(-c2ccc(CC(=O)O)cc2)c(C)c1. The monoisotopic (exact) mass is 496 g/mol. The van der Waals surface area contributed by atoms with Crippen LogP contribution in [0.2, 0.25) is 0 Å². The van der Waals surface area contributed by atoms with Crippen LogP contribution in [0.5, 0.6) is 0 Å². The lowest BCUT2D eigenvalue weighted by Crippen LogP contribution is -2.26. The van der Waals surface area contributed by atoms with E-state index in [0.29, 0.717) is 0 Å². The van der Waals surface area contributed by atoms with Crippen LogP contribution in [0.25, 0.3) is 17.2 Å². The molecule has 0 bridgehead atoms. The van der Waals surface area contributed by atoms with Gasteiger partial charge in [0.25, 0.3) is 0 Å². The van der Waals surface area contributed by atoms with Crippen molar-refractivity contribution in [2.75, 3.05) is 0 Å². The van der Waals surface area contributed by atoms with Crippen LogP contribution in [0.4, 0.5) is 0 Å². The van der Waals surface area contributed by atoms with Gasteiger partial charge in [-0.1, -0.05) is 99.5 Å². The predicted octanol–water partition coefficient (Wildman–Crippen LogP) is 8.02. The molecule has 0 aromatic heterocycles. The Kier molecular flexibility index (Phi) is 8.04. The number of carboxylic acid groups (broad SMARTS) is 1. The number of hydrogen-bond donors (Lipinski definition) is 2. The van der Waals surface area contributed by atoms with Crippen molar-refractivity contribution in [3.63, 3.8) is 0 Å². The van der Waals surface area contributed by atoms with Crippen LogP contribution in [-0.2, 0) is 16.6 Å². The van der Waals surface area contributed by atoms with Crippen LogP contribution < -0.4 is 0 Å². The quantitative estimate of drug-likeness (QED) is 0.315. The Balaban J connectivity index is 1.64. The molecule has 0 heterocycles. The van der Waals surface area contributed by atoms with E-state index in [2.05, 4.69) is 70.2 Å². The Labute approximate surface area is 221 Å². The maximum absolute atomic E-state index is 11.0. The fourth-order valence-corrected chi connectivity index (χ4v) is 6.05. The third-order valence-corrected chi connectivity index (χ3v) is 8.47. The molecule has 3 aromatic rings. The van der Waals surface area contributed by atoms with Crippen molar-refractivity contribution in [1.82, 2.24) is 0 Å². The molecule has 37 heavy (non-hydrogen) atoms. The summed E-state index contributed by atoms with van der Waals surface area (Å²) in [5.41, 5.74) is 8.65. The summed E-state index contributed by atoms with van der Waals surface area (Å²) in [6.45, 7) is 8.87. The normalized spacial score (nSPS) is 15.4. The summed E-state index contributed by atoms with van der Waals surface area (Å²) < 4.78 is 0. The largest absolute Gasteiger partial charge is 0.481 e. The predicted molar refractivity (Wildman–Crippen MR) is 153 cm³/mol. The van der Waals surface area contributed by atoms with Crippen LogP contribution in [0.1, 0.15) is 85.8 Å². The maximum atomic E-state index is 11.0. The topological polar surface area (TPSA) is 57.5 Å². The van der Waals surface area contributed by atoms with Crippen LogP contribution in [0.15, 0.2) is 66.7 Å². The minimum absolute atomic E-state index is 0.0442. The standard InChI is InChI=1S/C34H40O3/c1-5-34(6-2,29-14-13-27(24(3)21-29)17-20-33(37)18-7-8-19-33)30-15-16-31(25(4)22-30)28-11-9-26(10-12-28)23-32(35)36/h9-17,20-22,37H,5-8,18-19,23H2,1-4H3,(H,35,36). The first-order valence-corrected chi connectivity index (χ1v) is 13.6. The van der Waals surface area contributed by atoms with Crippen molar-refractivity contribution in [3.05, 3.63) is 100 Å². The van der Waals surface area contributed by atoms with Gasteiger partial charge in [0.1, 0.15) is 0 Å². The minimum Gasteiger partial charge on any atom is -0.481 e. The molecule has 1 fully saturated rings. The van der Waals surface area contributed by atoms with Gasteiger partial charge in [-0.3, -0.25) is 4.79 Å². The lowest BCUT2D eigenvalue weighted by Gasteiger charge is -2.34. The Morgan fingerprint density at radius 1 is 0.892 bits per heavy atom. The van der Waals surface area contributed by atoms with Crippen molar-refractivity contribution in [2.45, 2.75) is 83.7 Å². The zero-order valence-corrected chi connectivity index (χ0v) is 22.7. The van der Waals surface area contributed by atoms with Crippen molar-refractivity contribution in [1.29, 1.82) is 0 Å². The molecule has 1 aliphatic carbocycles. The first kappa shape index (κ1) is 26.9. The smallest absolute Gasteiger partial charge is 0.307 e. The van der Waals surface area contributed by atoms with E-state index >= 15 is 0 Å². The highest BCUT2D eigenvalue weighted by Gasteiger charge is 2.32. The second-order valence-electron chi connectivity index (χ2n) is 10.8. The lowest BCUT2D eigenvalue weighted by atomic mass is 9.69. The first-order valence-electron chi connectivity index (χ1n) is 13.6. The molecule has 3 nitrogen and oxygen atoms in total. The van der Waals surface area contributed by atoms with Crippen molar-refractivity contribution in [3.8, 4) is 11.1 Å². The van der Waals surface area contributed by atoms with E-state index in [1.165, 1.54) is 33.4 Å². The zero-order chi connectivity index (χ0) is 26.6. The van der Waals surface area contributed by atoms with Gasteiger partial charge < -0.3 is 10.2 Å². The Hall–Kier alpha value is -3.17. The molecule has 0 atom stereocenters. The van der Waals surface area contributed by atoms with E-state index in [1.54, 1.807) is 0 Å². The molecule has 0 saturated heterocycles. The van der Waals surface area contributed by atoms with Crippen LogP contribution >= 0.6 is 0 Å². The second-order valence-corrected chi connectivity index (χ2v) is 10.8. The van der Waals surface area contributed by atoms with Gasteiger partial charge in [0.05, 0.1) is 12.0 Å². The van der Waals surface area contributed by atoms with E-state index in [0.717, 1.165) is 49.7 Å². The number of aliphatic carboxylic acids is 1. The molecule has 4 rings (SSSR count). The highest BCUT2D eigenvalue weighted by molar-refractivity contribution is 5.72. The molecular formula is C34H40O3. The van der Waals surface area contributed by atoms with E-state index in [1.807, 2.05) is 30.3 Å². The third-order valence-electron chi connectivity index (χ3n) is 8.47. The Bertz CT molecular complexity index is 1270. The molecule has 0 aliphatic heterocycles. The summed E-state index contributed by atoms with van der Waals surface area (Å²) in [7, 11) is 0. The fraction of sp³-hybridized carbons (Fsp3) is 0.382. The van der Waals surface area contributed by atoms with E-state index in [9.17, 15) is 9.90 Å². The van der Waals surface area contributed by atoms with E-state index in [-0.39, 0.29) is 11.8 Å². The molecule has 194 valence electrons. The van der Waals surface area contributed by atoms with Crippen molar-refractivity contribution >= 4 is 12.0 Å². The Morgan fingerprint density at radius 2 is 1.49 bits per heavy atom. The van der Waals surface area contributed by atoms with Gasteiger partial charge in [-0.25, -0.2) is 0 Å². The van der Waals surface area contributed by atoms with E-state index < -0.39 is 11.6 Å². The average molecular weight is 497 g/mol. The molecular weight excluding hydrogens is 456 g/mol. The summed E-state index contributed by atoms with van der Waals surface area (Å²) in [6, 6.07) is 21.5. The second kappa shape index (κ2) is 11.1.